The van der Waals surface area contributed by atoms with E-state index in [0.29, 0.717) is 13.1 Å². The highest BCUT2D eigenvalue weighted by Gasteiger charge is 2.34. The second kappa shape index (κ2) is 7.58. The first-order valence-electron chi connectivity index (χ1n) is 8.14. The molecule has 1 rings (SSSR count). The molecule has 1 amide bonds. The van der Waals surface area contributed by atoms with Crippen LogP contribution in [0.5, 0.6) is 0 Å². The second-order valence-corrected chi connectivity index (χ2v) is 8.19. The topological polar surface area (TPSA) is 66.5 Å². The molecule has 0 radical (unpaired) electrons. The smallest absolute Gasteiger partial charge is 0.224 e. The Morgan fingerprint density at radius 1 is 1.19 bits per heavy atom. The standard InChI is InChI=1S/C15H30N2O3S/c1-5-15(6-2,7-3)16-14(18)13-10-9-11-17(12-13)21(19,20)8-4/h13H,5-12H2,1-4H3,(H,16,18)/t13-/m1/s1. The molecule has 0 aliphatic carbocycles. The molecule has 1 aliphatic heterocycles. The number of carbonyl (C=O) groups excluding carboxylic acids is 1. The SMILES string of the molecule is CCC(CC)(CC)NC(=O)[C@@H]1CCCN(S(=O)(=O)CC)C1. The molecule has 0 aromatic rings. The summed E-state index contributed by atoms with van der Waals surface area (Å²) in [6.45, 7) is 8.77. The second-order valence-electron chi connectivity index (χ2n) is 5.93. The van der Waals surface area contributed by atoms with Gasteiger partial charge in [-0.15, -0.1) is 0 Å². The molecule has 1 heterocycles. The van der Waals surface area contributed by atoms with Gasteiger partial charge in [-0.05, 0) is 39.0 Å². The number of nitrogens with zero attached hydrogens (tertiary/aromatic N) is 1. The van der Waals surface area contributed by atoms with Gasteiger partial charge >= 0.3 is 0 Å². The Bertz CT molecular complexity index is 436. The summed E-state index contributed by atoms with van der Waals surface area (Å²) in [5.74, 6) is -0.106. The molecule has 1 aliphatic rings. The number of piperidine rings is 1. The van der Waals surface area contributed by atoms with Crippen molar-refractivity contribution in [3.63, 3.8) is 0 Å². The van der Waals surface area contributed by atoms with Crippen LogP contribution in [-0.2, 0) is 14.8 Å². The summed E-state index contributed by atoms with van der Waals surface area (Å²) in [6.07, 6.45) is 4.23. The van der Waals surface area contributed by atoms with E-state index >= 15 is 0 Å². The number of amides is 1. The minimum Gasteiger partial charge on any atom is -0.350 e. The quantitative estimate of drug-likeness (QED) is 0.782. The summed E-state index contributed by atoms with van der Waals surface area (Å²) in [5.41, 5.74) is -0.150. The molecule has 5 nitrogen and oxygen atoms in total. The van der Waals surface area contributed by atoms with Gasteiger partial charge in [0.25, 0.3) is 0 Å². The van der Waals surface area contributed by atoms with E-state index in [2.05, 4.69) is 26.1 Å². The summed E-state index contributed by atoms with van der Waals surface area (Å²) in [5, 5.41) is 3.18. The van der Waals surface area contributed by atoms with Crippen molar-refractivity contribution in [3.8, 4) is 0 Å². The molecule has 6 heteroatoms. The lowest BCUT2D eigenvalue weighted by Crippen LogP contribution is -2.52. The molecule has 1 atom stereocenters. The van der Waals surface area contributed by atoms with Gasteiger partial charge in [-0.1, -0.05) is 20.8 Å². The first kappa shape index (κ1) is 18.4. The minimum atomic E-state index is -3.19. The summed E-state index contributed by atoms with van der Waals surface area (Å²) in [6, 6.07) is 0. The van der Waals surface area contributed by atoms with Crippen LogP contribution < -0.4 is 5.32 Å². The first-order valence-corrected chi connectivity index (χ1v) is 9.74. The molecule has 0 bridgehead atoms. The Labute approximate surface area is 129 Å². The Kier molecular flexibility index (Phi) is 6.66. The molecule has 0 aromatic carbocycles. The number of nitrogens with one attached hydrogen (secondary N) is 1. The first-order chi connectivity index (χ1) is 9.84. The molecule has 0 spiro atoms. The number of hydrogen-bond donors (Lipinski definition) is 1. The van der Waals surface area contributed by atoms with E-state index in [4.69, 9.17) is 0 Å². The normalized spacial score (nSPS) is 21.2. The van der Waals surface area contributed by atoms with Crippen molar-refractivity contribution in [2.75, 3.05) is 18.8 Å². The van der Waals surface area contributed by atoms with Crippen LogP contribution in [0.2, 0.25) is 0 Å². The van der Waals surface area contributed by atoms with Crippen LogP contribution in [0, 0.1) is 5.92 Å². The fourth-order valence-electron chi connectivity index (χ4n) is 2.97. The summed E-state index contributed by atoms with van der Waals surface area (Å²) in [7, 11) is -3.19. The van der Waals surface area contributed by atoms with Crippen LogP contribution in [0.3, 0.4) is 0 Å². The molecule has 1 fully saturated rings. The lowest BCUT2D eigenvalue weighted by Gasteiger charge is -2.36. The maximum absolute atomic E-state index is 12.5. The third-order valence-corrected chi connectivity index (χ3v) is 6.78. The van der Waals surface area contributed by atoms with E-state index in [-0.39, 0.29) is 23.1 Å². The molecule has 1 saturated heterocycles. The van der Waals surface area contributed by atoms with Crippen LogP contribution >= 0.6 is 0 Å². The van der Waals surface area contributed by atoms with Gasteiger partial charge in [0.15, 0.2) is 0 Å². The predicted octanol–water partition coefficient (Wildman–Crippen LogP) is 2.13. The monoisotopic (exact) mass is 318 g/mol. The Hall–Kier alpha value is -0.620. The molecule has 21 heavy (non-hydrogen) atoms. The van der Waals surface area contributed by atoms with Crippen molar-refractivity contribution < 1.29 is 13.2 Å². The lowest BCUT2D eigenvalue weighted by molar-refractivity contribution is -0.128. The molecule has 1 N–H and O–H groups in total. The Morgan fingerprint density at radius 3 is 2.24 bits per heavy atom. The highest BCUT2D eigenvalue weighted by Crippen LogP contribution is 2.24. The van der Waals surface area contributed by atoms with Crippen molar-refractivity contribution in [2.45, 2.75) is 65.3 Å². The van der Waals surface area contributed by atoms with E-state index < -0.39 is 10.0 Å². The van der Waals surface area contributed by atoms with Crippen molar-refractivity contribution >= 4 is 15.9 Å². The van der Waals surface area contributed by atoms with Gasteiger partial charge in [-0.25, -0.2) is 12.7 Å². The maximum Gasteiger partial charge on any atom is 0.224 e. The molecular formula is C15H30N2O3S. The van der Waals surface area contributed by atoms with Gasteiger partial charge in [-0.2, -0.15) is 0 Å². The van der Waals surface area contributed by atoms with E-state index in [9.17, 15) is 13.2 Å². The minimum absolute atomic E-state index is 0.0107. The summed E-state index contributed by atoms with van der Waals surface area (Å²) < 4.78 is 25.4. The van der Waals surface area contributed by atoms with Gasteiger partial charge in [0.2, 0.25) is 15.9 Å². The van der Waals surface area contributed by atoms with Gasteiger partial charge in [0, 0.05) is 18.6 Å². The molecule has 0 aromatic heterocycles. The number of hydrogen-bond acceptors (Lipinski definition) is 3. The van der Waals surface area contributed by atoms with Crippen molar-refractivity contribution in [1.82, 2.24) is 9.62 Å². The van der Waals surface area contributed by atoms with Crippen molar-refractivity contribution in [2.24, 2.45) is 5.92 Å². The van der Waals surface area contributed by atoms with Crippen LogP contribution in [0.15, 0.2) is 0 Å². The highest BCUT2D eigenvalue weighted by atomic mass is 32.2. The zero-order valence-corrected chi connectivity index (χ0v) is 14.6. The Balaban J connectivity index is 2.75. The zero-order chi connectivity index (χ0) is 16.1. The van der Waals surface area contributed by atoms with E-state index in [1.807, 2.05) is 0 Å². The number of rotatable bonds is 7. The zero-order valence-electron chi connectivity index (χ0n) is 13.8. The molecular weight excluding hydrogens is 288 g/mol. The molecule has 0 saturated carbocycles. The fraction of sp³-hybridized carbons (Fsp3) is 0.933. The fourth-order valence-corrected chi connectivity index (χ4v) is 4.15. The van der Waals surface area contributed by atoms with Crippen LogP contribution in [-0.4, -0.2) is 43.0 Å². The van der Waals surface area contributed by atoms with Crippen LogP contribution in [0.25, 0.3) is 0 Å². The van der Waals surface area contributed by atoms with Gasteiger partial charge in [0.05, 0.1) is 11.7 Å². The predicted molar refractivity (Wildman–Crippen MR) is 85.5 cm³/mol. The Morgan fingerprint density at radius 2 is 1.76 bits per heavy atom. The van der Waals surface area contributed by atoms with Crippen molar-refractivity contribution in [3.05, 3.63) is 0 Å². The van der Waals surface area contributed by atoms with E-state index in [1.54, 1.807) is 6.92 Å². The molecule has 124 valence electrons. The van der Waals surface area contributed by atoms with Crippen LogP contribution in [0.4, 0.5) is 0 Å². The van der Waals surface area contributed by atoms with E-state index in [1.165, 1.54) is 4.31 Å². The van der Waals surface area contributed by atoms with Gasteiger partial charge < -0.3 is 5.32 Å². The van der Waals surface area contributed by atoms with Crippen molar-refractivity contribution in [1.29, 1.82) is 0 Å². The highest BCUT2D eigenvalue weighted by molar-refractivity contribution is 7.89. The third-order valence-electron chi connectivity index (χ3n) is 4.93. The largest absolute Gasteiger partial charge is 0.350 e. The average molecular weight is 318 g/mol. The summed E-state index contributed by atoms with van der Waals surface area (Å²) in [4.78, 5) is 12.5. The maximum atomic E-state index is 12.5. The third kappa shape index (κ3) is 4.42. The molecule has 0 unspecified atom stereocenters. The number of sulfonamides is 1. The van der Waals surface area contributed by atoms with Crippen LogP contribution in [0.1, 0.15) is 59.8 Å². The van der Waals surface area contributed by atoms with E-state index in [0.717, 1.165) is 32.1 Å². The lowest BCUT2D eigenvalue weighted by atomic mass is 9.88. The summed E-state index contributed by atoms with van der Waals surface area (Å²) >= 11 is 0. The van der Waals surface area contributed by atoms with Gasteiger partial charge in [0.1, 0.15) is 0 Å². The average Bonchev–Trinajstić information content (AvgIpc) is 2.52. The number of carbonyl (C=O) groups is 1. The van der Waals surface area contributed by atoms with Gasteiger partial charge in [-0.3, -0.25) is 4.79 Å².